The maximum Gasteiger partial charge on any atom is 0.307 e. The normalized spacial score (nSPS) is 19.6. The van der Waals surface area contributed by atoms with Crippen molar-refractivity contribution < 1.29 is 52.9 Å². The molecule has 0 aliphatic carbocycles. The predicted molar refractivity (Wildman–Crippen MR) is 277 cm³/mol. The fourth-order valence-electron chi connectivity index (χ4n) is 10.6. The van der Waals surface area contributed by atoms with Crippen molar-refractivity contribution in [2.45, 2.75) is 181 Å². The molecule has 5 amide bonds. The van der Waals surface area contributed by atoms with Gasteiger partial charge in [0.05, 0.1) is 47.9 Å². The van der Waals surface area contributed by atoms with Crippen LogP contribution < -0.4 is 0 Å². The Kier molecular flexibility index (Phi) is 26.0. The van der Waals surface area contributed by atoms with E-state index in [9.17, 15) is 43.5 Å². The number of Topliss-reactive ketones (excluding diaryl/α,β-unsaturated/α-hetero) is 2. The van der Waals surface area contributed by atoms with Gasteiger partial charge in [0.15, 0.2) is 5.78 Å². The Morgan fingerprint density at radius 1 is 0.831 bits per heavy atom. The van der Waals surface area contributed by atoms with Gasteiger partial charge in [-0.3, -0.25) is 43.3 Å². The van der Waals surface area contributed by atoms with E-state index in [-0.39, 0.29) is 103 Å². The first-order valence-electron chi connectivity index (χ1n) is 26.3. The average molecular weight is 1010 g/mol. The summed E-state index contributed by atoms with van der Waals surface area (Å²) in [5, 5.41) is 9.72. The van der Waals surface area contributed by atoms with Crippen molar-refractivity contribution in [1.82, 2.24) is 19.6 Å². The molecule has 2 aliphatic rings. The Morgan fingerprint density at radius 2 is 1.51 bits per heavy atom. The number of hydrogen-bond donors (Lipinski definition) is 1. The molecule has 0 bridgehead atoms. The summed E-state index contributed by atoms with van der Waals surface area (Å²) in [6.45, 7) is 16.2. The molecule has 2 saturated heterocycles. The molecular formula is C55H88N4O11S. The number of aliphatic carboxylic acids is 1. The van der Waals surface area contributed by atoms with Crippen LogP contribution in [0.1, 0.15) is 144 Å². The Hall–Kier alpha value is -4.15. The summed E-state index contributed by atoms with van der Waals surface area (Å²) in [4.78, 5) is 115. The lowest BCUT2D eigenvalue weighted by molar-refractivity contribution is -0.150. The second-order valence-corrected chi connectivity index (χ2v) is 22.1. The molecule has 3 rings (SSSR count). The SMILES string of the molecule is CCCCSC1CC(=O)N(CCCCCC(=O)N(C)[C@H](C(=O)C[C@H](C(=O)N(C)[C@@H]([C@@H](C)CC)[C@@H](CC(=O)N2CCC[C@H]2[C@H](OC)[C@@H](C)C(=O)C[C@@H](Cc2ccccc2)C(=O)O)OC)C(C)C)C(C)C)C1=O. The zero-order chi connectivity index (χ0) is 53.1. The molecule has 0 spiro atoms. The van der Waals surface area contributed by atoms with Gasteiger partial charge >= 0.3 is 5.97 Å². The molecule has 2 fully saturated rings. The van der Waals surface area contributed by atoms with E-state index in [1.165, 1.54) is 24.0 Å². The van der Waals surface area contributed by atoms with E-state index < -0.39 is 54.1 Å². The zero-order valence-corrected chi connectivity index (χ0v) is 45.9. The highest BCUT2D eigenvalue weighted by molar-refractivity contribution is 8.00. The predicted octanol–water partition coefficient (Wildman–Crippen LogP) is 7.75. The van der Waals surface area contributed by atoms with E-state index in [1.54, 1.807) is 42.6 Å². The van der Waals surface area contributed by atoms with Crippen LogP contribution in [0.3, 0.4) is 0 Å². The second kappa shape index (κ2) is 30.1. The summed E-state index contributed by atoms with van der Waals surface area (Å²) in [6.07, 6.45) is 4.80. The minimum atomic E-state index is -1.05. The number of carboxylic acid groups (broad SMARTS) is 1. The molecule has 71 heavy (non-hydrogen) atoms. The molecular weight excluding hydrogens is 925 g/mol. The number of carbonyl (C=O) groups excluding carboxylic acids is 7. The second-order valence-electron chi connectivity index (χ2n) is 20.8. The van der Waals surface area contributed by atoms with Crippen molar-refractivity contribution in [2.24, 2.45) is 35.5 Å². The number of hydrogen-bond acceptors (Lipinski definition) is 11. The summed E-state index contributed by atoms with van der Waals surface area (Å²) < 4.78 is 12.0. The third kappa shape index (κ3) is 17.2. The highest BCUT2D eigenvalue weighted by Crippen LogP contribution is 2.33. The molecule has 1 N–H and O–H groups in total. The van der Waals surface area contributed by atoms with Gasteiger partial charge in [-0.05, 0) is 67.6 Å². The number of likely N-dealkylation sites (N-methyl/N-ethyl adjacent to an activating group) is 2. The van der Waals surface area contributed by atoms with Crippen LogP contribution >= 0.6 is 11.8 Å². The average Bonchev–Trinajstić information content (AvgIpc) is 3.92. The van der Waals surface area contributed by atoms with Crippen LogP contribution in [0.5, 0.6) is 0 Å². The zero-order valence-electron chi connectivity index (χ0n) is 45.1. The van der Waals surface area contributed by atoms with Gasteiger partial charge in [-0.15, -0.1) is 11.8 Å². The van der Waals surface area contributed by atoms with Crippen LogP contribution in [-0.2, 0) is 54.3 Å². The number of methoxy groups -OCH3 is 2. The van der Waals surface area contributed by atoms with Gasteiger partial charge in [-0.1, -0.05) is 105 Å². The number of carboxylic acids is 1. The number of amides is 5. The number of unbranched alkanes of at least 4 members (excludes halogenated alkanes) is 3. The van der Waals surface area contributed by atoms with Crippen LogP contribution in [0.25, 0.3) is 0 Å². The number of thioether (sulfide) groups is 1. The van der Waals surface area contributed by atoms with Gasteiger partial charge < -0.3 is 29.3 Å². The summed E-state index contributed by atoms with van der Waals surface area (Å²) in [7, 11) is 6.39. The highest BCUT2D eigenvalue weighted by atomic mass is 32.2. The molecule has 1 unspecified atom stereocenters. The van der Waals surface area contributed by atoms with Crippen molar-refractivity contribution in [1.29, 1.82) is 0 Å². The number of carbonyl (C=O) groups is 8. The molecule has 10 atom stereocenters. The Labute approximate surface area is 429 Å². The minimum Gasteiger partial charge on any atom is -0.481 e. The number of ether oxygens (including phenoxy) is 2. The van der Waals surface area contributed by atoms with Gasteiger partial charge in [0.2, 0.25) is 29.5 Å². The number of rotatable bonds is 33. The molecule has 2 heterocycles. The summed E-state index contributed by atoms with van der Waals surface area (Å²) in [5.41, 5.74) is 0.830. The number of ketones is 2. The van der Waals surface area contributed by atoms with Crippen LogP contribution in [0.15, 0.2) is 30.3 Å². The van der Waals surface area contributed by atoms with E-state index in [0.29, 0.717) is 51.6 Å². The molecule has 1 aromatic rings. The van der Waals surface area contributed by atoms with E-state index in [2.05, 4.69) is 6.92 Å². The van der Waals surface area contributed by atoms with Crippen LogP contribution in [0.2, 0.25) is 0 Å². The maximum absolute atomic E-state index is 14.7. The van der Waals surface area contributed by atoms with Crippen LogP contribution in [0, 0.1) is 35.5 Å². The number of likely N-dealkylation sites (tertiary alicyclic amines) is 2. The first-order valence-corrected chi connectivity index (χ1v) is 27.3. The van der Waals surface area contributed by atoms with Crippen molar-refractivity contribution in [2.75, 3.05) is 47.2 Å². The molecule has 0 aromatic heterocycles. The quantitative estimate of drug-likeness (QED) is 0.0534. The third-order valence-electron chi connectivity index (χ3n) is 15.1. The monoisotopic (exact) mass is 1010 g/mol. The van der Waals surface area contributed by atoms with Crippen molar-refractivity contribution in [3.63, 3.8) is 0 Å². The molecule has 0 radical (unpaired) electrons. The smallest absolute Gasteiger partial charge is 0.307 e. The lowest BCUT2D eigenvalue weighted by atomic mass is 9.83. The van der Waals surface area contributed by atoms with Gasteiger partial charge in [0.1, 0.15) is 5.78 Å². The fraction of sp³-hybridized carbons (Fsp3) is 0.745. The van der Waals surface area contributed by atoms with E-state index in [1.807, 2.05) is 71.9 Å². The number of benzene rings is 1. The molecule has 15 nitrogen and oxygen atoms in total. The van der Waals surface area contributed by atoms with Gasteiger partial charge in [0.25, 0.3) is 0 Å². The van der Waals surface area contributed by atoms with Crippen LogP contribution in [0.4, 0.5) is 0 Å². The first kappa shape index (κ1) is 61.2. The summed E-state index contributed by atoms with van der Waals surface area (Å²) >= 11 is 1.55. The summed E-state index contributed by atoms with van der Waals surface area (Å²) in [5.74, 6) is -4.38. The molecule has 400 valence electrons. The fourth-order valence-corrected chi connectivity index (χ4v) is 11.9. The molecule has 2 aliphatic heterocycles. The van der Waals surface area contributed by atoms with E-state index >= 15 is 0 Å². The third-order valence-corrected chi connectivity index (χ3v) is 16.4. The molecule has 0 saturated carbocycles. The summed E-state index contributed by atoms with van der Waals surface area (Å²) in [6, 6.07) is 7.50. The van der Waals surface area contributed by atoms with Gasteiger partial charge in [0, 0.05) is 78.9 Å². The molecule has 1 aromatic carbocycles. The first-order chi connectivity index (χ1) is 33.6. The number of imide groups is 1. The Balaban J connectivity index is 1.68. The standard InChI is InChI=1S/C55H88N4O11S/c1-13-15-29-71-46-34-49(64)59(54(46)66)27-21-17-20-26-47(62)56(9)50(36(5)6)44(61)32-41(35(3)4)53(65)57(10)51(37(7)14-2)45(69-11)33-48(63)58-28-22-25-42(58)52(70-12)38(8)43(60)31-40(55(67)68)30-39-23-18-16-19-24-39/h16,18-19,23-24,35-38,40-42,45-46,50-52H,13-15,17,20-22,25-34H2,1-12H3,(H,67,68)/t37-,38-,40+,41-,42-,45+,46?,50-,51-,52+/m0/s1. The topological polar surface area (TPSA) is 188 Å². The Bertz CT molecular complexity index is 1910. The molecule has 16 heteroatoms. The van der Waals surface area contributed by atoms with Crippen molar-refractivity contribution in [3.8, 4) is 0 Å². The Morgan fingerprint density at radius 3 is 2.08 bits per heavy atom. The van der Waals surface area contributed by atoms with Crippen molar-refractivity contribution in [3.05, 3.63) is 35.9 Å². The lowest BCUT2D eigenvalue weighted by Crippen LogP contribution is -2.54. The maximum atomic E-state index is 14.7. The van der Waals surface area contributed by atoms with E-state index in [0.717, 1.165) is 24.2 Å². The van der Waals surface area contributed by atoms with E-state index in [4.69, 9.17) is 9.47 Å². The lowest BCUT2D eigenvalue weighted by Gasteiger charge is -2.41. The highest BCUT2D eigenvalue weighted by Gasteiger charge is 2.44. The number of nitrogens with zero attached hydrogens (tertiary/aromatic N) is 4. The van der Waals surface area contributed by atoms with Crippen LogP contribution in [-0.4, -0.2) is 155 Å². The largest absolute Gasteiger partial charge is 0.481 e. The van der Waals surface area contributed by atoms with Crippen molar-refractivity contribution >= 4 is 58.8 Å². The van der Waals surface area contributed by atoms with Gasteiger partial charge in [-0.25, -0.2) is 0 Å². The van der Waals surface area contributed by atoms with Gasteiger partial charge in [-0.2, -0.15) is 0 Å². The minimum absolute atomic E-state index is 0.0442.